The average Bonchev–Trinajstić information content (AvgIpc) is 2.57. The van der Waals surface area contributed by atoms with Crippen LogP contribution in [-0.4, -0.2) is 14.8 Å². The first kappa shape index (κ1) is 10.5. The molecule has 0 saturated carbocycles. The second kappa shape index (κ2) is 4.24. The molecular weight excluding hydrogens is 276 g/mol. The Morgan fingerprint density at radius 1 is 1.47 bits per heavy atom. The molecule has 0 amide bonds. The van der Waals surface area contributed by atoms with E-state index in [-0.39, 0.29) is 0 Å². The summed E-state index contributed by atoms with van der Waals surface area (Å²) in [6.45, 7) is 0. The van der Waals surface area contributed by atoms with Crippen LogP contribution in [0.25, 0.3) is 0 Å². The second-order valence-electron chi connectivity index (χ2n) is 3.02. The number of aromatic nitrogens is 3. The highest BCUT2D eigenvalue weighted by molar-refractivity contribution is 9.10. The molecule has 0 aliphatic carbocycles. The Kier molecular flexibility index (Phi) is 2.97. The number of nitrogen functional groups attached to an aromatic ring is 1. The van der Waals surface area contributed by atoms with Gasteiger partial charge in [-0.2, -0.15) is 0 Å². The fourth-order valence-corrected chi connectivity index (χ4v) is 2.47. The largest absolute Gasteiger partial charge is 0.399 e. The van der Waals surface area contributed by atoms with E-state index in [0.29, 0.717) is 0 Å². The molecule has 0 saturated heterocycles. The standard InChI is InChI=1S/C9H9BrN4S/c1-14-5-12-13-9(14)15-8-3-2-6(11)4-7(8)10/h2-5H,11H2,1H3. The van der Waals surface area contributed by atoms with Gasteiger partial charge in [0.2, 0.25) is 0 Å². The van der Waals surface area contributed by atoms with Crippen molar-refractivity contribution in [3.63, 3.8) is 0 Å². The summed E-state index contributed by atoms with van der Waals surface area (Å²) < 4.78 is 2.84. The molecule has 4 nitrogen and oxygen atoms in total. The smallest absolute Gasteiger partial charge is 0.195 e. The number of hydrogen-bond donors (Lipinski definition) is 1. The molecule has 2 aromatic rings. The Morgan fingerprint density at radius 3 is 2.87 bits per heavy atom. The number of aryl methyl sites for hydroxylation is 1. The highest BCUT2D eigenvalue weighted by atomic mass is 79.9. The molecule has 6 heteroatoms. The quantitative estimate of drug-likeness (QED) is 0.860. The van der Waals surface area contributed by atoms with Gasteiger partial charge in [-0.15, -0.1) is 10.2 Å². The minimum atomic E-state index is 0.740. The third kappa shape index (κ3) is 2.32. The molecule has 0 radical (unpaired) electrons. The van der Waals surface area contributed by atoms with Crippen molar-refractivity contribution >= 4 is 33.4 Å². The van der Waals surface area contributed by atoms with Crippen LogP contribution in [0.2, 0.25) is 0 Å². The Labute approximate surface area is 100 Å². The van der Waals surface area contributed by atoms with Gasteiger partial charge in [0, 0.05) is 22.1 Å². The number of nitrogens with two attached hydrogens (primary N) is 1. The van der Waals surface area contributed by atoms with Crippen molar-refractivity contribution in [1.29, 1.82) is 0 Å². The third-order valence-corrected chi connectivity index (χ3v) is 3.87. The van der Waals surface area contributed by atoms with Crippen LogP contribution in [0.1, 0.15) is 0 Å². The van der Waals surface area contributed by atoms with Gasteiger partial charge < -0.3 is 10.3 Å². The van der Waals surface area contributed by atoms with E-state index in [1.54, 1.807) is 18.1 Å². The first-order valence-electron chi connectivity index (χ1n) is 4.23. The highest BCUT2D eigenvalue weighted by Gasteiger charge is 2.06. The summed E-state index contributed by atoms with van der Waals surface area (Å²) >= 11 is 5.00. The number of nitrogens with zero attached hydrogens (tertiary/aromatic N) is 3. The summed E-state index contributed by atoms with van der Waals surface area (Å²) in [4.78, 5) is 1.07. The van der Waals surface area contributed by atoms with Gasteiger partial charge in [-0.1, -0.05) is 0 Å². The van der Waals surface area contributed by atoms with Crippen molar-refractivity contribution in [2.45, 2.75) is 10.1 Å². The van der Waals surface area contributed by atoms with E-state index in [9.17, 15) is 0 Å². The van der Waals surface area contributed by atoms with Crippen molar-refractivity contribution in [2.24, 2.45) is 7.05 Å². The maximum Gasteiger partial charge on any atom is 0.195 e. The molecule has 0 fully saturated rings. The van der Waals surface area contributed by atoms with E-state index in [2.05, 4.69) is 26.1 Å². The number of benzene rings is 1. The van der Waals surface area contributed by atoms with Gasteiger partial charge in [0.25, 0.3) is 0 Å². The first-order valence-corrected chi connectivity index (χ1v) is 5.84. The molecule has 1 aromatic heterocycles. The lowest BCUT2D eigenvalue weighted by molar-refractivity contribution is 0.788. The van der Waals surface area contributed by atoms with Gasteiger partial charge in [0.05, 0.1) is 0 Å². The number of anilines is 1. The summed E-state index contributed by atoms with van der Waals surface area (Å²) in [5.41, 5.74) is 6.40. The van der Waals surface area contributed by atoms with Gasteiger partial charge in [0.15, 0.2) is 5.16 Å². The van der Waals surface area contributed by atoms with Gasteiger partial charge >= 0.3 is 0 Å². The highest BCUT2D eigenvalue weighted by Crippen LogP contribution is 2.32. The van der Waals surface area contributed by atoms with Crippen molar-refractivity contribution in [3.8, 4) is 0 Å². The van der Waals surface area contributed by atoms with Crippen LogP contribution in [0.15, 0.2) is 39.1 Å². The van der Waals surface area contributed by atoms with Gasteiger partial charge in [-0.3, -0.25) is 0 Å². The number of halogens is 1. The minimum Gasteiger partial charge on any atom is -0.399 e. The van der Waals surface area contributed by atoms with E-state index in [1.807, 2.05) is 29.8 Å². The molecule has 2 rings (SSSR count). The van der Waals surface area contributed by atoms with Gasteiger partial charge in [0.1, 0.15) is 6.33 Å². The Morgan fingerprint density at radius 2 is 2.27 bits per heavy atom. The molecule has 1 heterocycles. The SMILES string of the molecule is Cn1cnnc1Sc1ccc(N)cc1Br. The van der Waals surface area contributed by atoms with Gasteiger partial charge in [-0.25, -0.2) is 0 Å². The van der Waals surface area contributed by atoms with Crippen LogP contribution in [0.4, 0.5) is 5.69 Å². The lowest BCUT2D eigenvalue weighted by atomic mass is 10.3. The molecule has 1 aromatic carbocycles. The van der Waals surface area contributed by atoms with E-state index >= 15 is 0 Å². The number of hydrogen-bond acceptors (Lipinski definition) is 4. The molecule has 15 heavy (non-hydrogen) atoms. The van der Waals surface area contributed by atoms with Crippen LogP contribution < -0.4 is 5.73 Å². The summed E-state index contributed by atoms with van der Waals surface area (Å²) in [7, 11) is 1.91. The van der Waals surface area contributed by atoms with Crippen molar-refractivity contribution in [1.82, 2.24) is 14.8 Å². The van der Waals surface area contributed by atoms with Crippen molar-refractivity contribution < 1.29 is 0 Å². The van der Waals surface area contributed by atoms with Crippen LogP contribution in [-0.2, 0) is 7.05 Å². The monoisotopic (exact) mass is 284 g/mol. The maximum absolute atomic E-state index is 5.66. The third-order valence-electron chi connectivity index (χ3n) is 1.83. The van der Waals surface area contributed by atoms with Crippen molar-refractivity contribution in [3.05, 3.63) is 29.0 Å². The summed E-state index contributed by atoms with van der Waals surface area (Å²) in [6, 6.07) is 5.70. The zero-order valence-electron chi connectivity index (χ0n) is 8.01. The molecular formula is C9H9BrN4S. The van der Waals surface area contributed by atoms with Gasteiger partial charge in [-0.05, 0) is 45.9 Å². The van der Waals surface area contributed by atoms with E-state index in [4.69, 9.17) is 5.73 Å². The molecule has 0 aliphatic rings. The zero-order chi connectivity index (χ0) is 10.8. The lowest BCUT2D eigenvalue weighted by Crippen LogP contribution is -1.89. The Balaban J connectivity index is 2.29. The van der Waals surface area contributed by atoms with Crippen LogP contribution in [0.3, 0.4) is 0 Å². The average molecular weight is 285 g/mol. The minimum absolute atomic E-state index is 0.740. The van der Waals surface area contributed by atoms with Crippen LogP contribution in [0, 0.1) is 0 Å². The molecule has 2 N–H and O–H groups in total. The maximum atomic E-state index is 5.66. The Hall–Kier alpha value is -1.01. The topological polar surface area (TPSA) is 56.7 Å². The van der Waals surface area contributed by atoms with Crippen LogP contribution >= 0.6 is 27.7 Å². The first-order chi connectivity index (χ1) is 7.16. The number of rotatable bonds is 2. The predicted molar refractivity (Wildman–Crippen MR) is 63.7 cm³/mol. The molecule has 0 bridgehead atoms. The van der Waals surface area contributed by atoms with E-state index < -0.39 is 0 Å². The summed E-state index contributed by atoms with van der Waals surface area (Å²) in [5, 5.41) is 8.66. The second-order valence-corrected chi connectivity index (χ2v) is 4.88. The Bertz CT molecular complexity index is 483. The van der Waals surface area contributed by atoms with Crippen LogP contribution in [0.5, 0.6) is 0 Å². The molecule has 0 unspecified atom stereocenters. The molecule has 78 valence electrons. The molecule has 0 aliphatic heterocycles. The van der Waals surface area contributed by atoms with Crippen molar-refractivity contribution in [2.75, 3.05) is 5.73 Å². The fourth-order valence-electron chi connectivity index (χ4n) is 1.06. The van der Waals surface area contributed by atoms with E-state index in [1.165, 1.54) is 0 Å². The normalized spacial score (nSPS) is 10.5. The molecule has 0 spiro atoms. The fraction of sp³-hybridized carbons (Fsp3) is 0.111. The zero-order valence-corrected chi connectivity index (χ0v) is 10.4. The predicted octanol–water partition coefficient (Wildman–Crippen LogP) is 2.31. The van der Waals surface area contributed by atoms with E-state index in [0.717, 1.165) is 20.2 Å². The summed E-state index contributed by atoms with van der Waals surface area (Å²) in [6.07, 6.45) is 1.67. The lowest BCUT2D eigenvalue weighted by Gasteiger charge is -2.03. The molecule has 0 atom stereocenters. The summed E-state index contributed by atoms with van der Waals surface area (Å²) in [5.74, 6) is 0.